The van der Waals surface area contributed by atoms with E-state index in [1.807, 2.05) is 0 Å². The summed E-state index contributed by atoms with van der Waals surface area (Å²) in [5, 5.41) is 14.8. The summed E-state index contributed by atoms with van der Waals surface area (Å²) in [5.41, 5.74) is 0.343. The van der Waals surface area contributed by atoms with Crippen molar-refractivity contribution in [1.29, 1.82) is 0 Å². The van der Waals surface area contributed by atoms with Gasteiger partial charge in [0.05, 0.1) is 13.2 Å². The van der Waals surface area contributed by atoms with Crippen LogP contribution in [0, 0.1) is 5.82 Å². The predicted octanol–water partition coefficient (Wildman–Crippen LogP) is 2.26. The third-order valence-corrected chi connectivity index (χ3v) is 3.40. The Bertz CT molecular complexity index is 473. The molecule has 6 heteroatoms. The highest BCUT2D eigenvalue weighted by molar-refractivity contribution is 5.89. The van der Waals surface area contributed by atoms with E-state index in [2.05, 4.69) is 10.6 Å². The van der Waals surface area contributed by atoms with Crippen molar-refractivity contribution in [3.8, 4) is 5.75 Å². The first-order valence-corrected chi connectivity index (χ1v) is 6.67. The number of benzene rings is 1. The maximum atomic E-state index is 13.3. The van der Waals surface area contributed by atoms with E-state index in [-0.39, 0.29) is 18.2 Å². The number of methoxy groups -OCH3 is 1. The molecule has 0 spiro atoms. The Balaban J connectivity index is 1.89. The number of anilines is 1. The zero-order valence-electron chi connectivity index (χ0n) is 11.4. The topological polar surface area (TPSA) is 70.6 Å². The highest BCUT2D eigenvalue weighted by atomic mass is 19.1. The van der Waals surface area contributed by atoms with E-state index in [9.17, 15) is 14.3 Å². The average Bonchev–Trinajstić information content (AvgIpc) is 2.40. The first-order valence-electron chi connectivity index (χ1n) is 6.67. The number of rotatable bonds is 3. The zero-order chi connectivity index (χ0) is 14.5. The van der Waals surface area contributed by atoms with Gasteiger partial charge in [0.1, 0.15) is 11.6 Å². The van der Waals surface area contributed by atoms with Crippen molar-refractivity contribution in [3.63, 3.8) is 0 Å². The molecule has 1 aliphatic carbocycles. The third kappa shape index (κ3) is 4.09. The summed E-state index contributed by atoms with van der Waals surface area (Å²) in [6, 6.07) is 3.69. The molecule has 1 aliphatic rings. The van der Waals surface area contributed by atoms with Gasteiger partial charge in [-0.15, -0.1) is 0 Å². The number of carbonyl (C=O) groups is 1. The average molecular weight is 282 g/mol. The van der Waals surface area contributed by atoms with Gasteiger partial charge in [-0.05, 0) is 31.7 Å². The molecule has 1 aromatic carbocycles. The van der Waals surface area contributed by atoms with Gasteiger partial charge in [-0.1, -0.05) is 0 Å². The molecule has 1 aromatic rings. The molecular weight excluding hydrogens is 263 g/mol. The van der Waals surface area contributed by atoms with E-state index >= 15 is 0 Å². The van der Waals surface area contributed by atoms with Gasteiger partial charge in [0.2, 0.25) is 0 Å². The van der Waals surface area contributed by atoms with Crippen molar-refractivity contribution >= 4 is 11.7 Å². The molecule has 0 bridgehead atoms. The molecule has 110 valence electrons. The van der Waals surface area contributed by atoms with Crippen LogP contribution in [0.15, 0.2) is 18.2 Å². The SMILES string of the molecule is COc1cc(F)cc(NC(=O)NC2CCC(O)CC2)c1. The molecule has 0 aliphatic heterocycles. The first-order chi connectivity index (χ1) is 9.56. The Hall–Kier alpha value is -1.82. The molecule has 3 N–H and O–H groups in total. The Labute approximate surface area is 117 Å². The zero-order valence-corrected chi connectivity index (χ0v) is 11.4. The monoisotopic (exact) mass is 282 g/mol. The quantitative estimate of drug-likeness (QED) is 0.796. The summed E-state index contributed by atoms with van der Waals surface area (Å²) < 4.78 is 18.2. The van der Waals surface area contributed by atoms with Crippen molar-refractivity contribution in [2.75, 3.05) is 12.4 Å². The fraction of sp³-hybridized carbons (Fsp3) is 0.500. The minimum Gasteiger partial charge on any atom is -0.497 e. The molecule has 0 saturated heterocycles. The highest BCUT2D eigenvalue weighted by Crippen LogP contribution is 2.21. The largest absolute Gasteiger partial charge is 0.497 e. The summed E-state index contributed by atoms with van der Waals surface area (Å²) in [4.78, 5) is 11.8. The van der Waals surface area contributed by atoms with Crippen LogP contribution in [0.25, 0.3) is 0 Å². The number of ether oxygens (including phenoxy) is 1. The smallest absolute Gasteiger partial charge is 0.319 e. The van der Waals surface area contributed by atoms with E-state index in [1.54, 1.807) is 6.07 Å². The molecule has 1 fully saturated rings. The Morgan fingerprint density at radius 3 is 2.65 bits per heavy atom. The van der Waals surface area contributed by atoms with E-state index in [4.69, 9.17) is 4.74 Å². The number of urea groups is 1. The van der Waals surface area contributed by atoms with Crippen LogP contribution in [0.5, 0.6) is 5.75 Å². The Morgan fingerprint density at radius 1 is 1.30 bits per heavy atom. The van der Waals surface area contributed by atoms with Gasteiger partial charge in [-0.2, -0.15) is 0 Å². The van der Waals surface area contributed by atoms with Crippen LogP contribution in [0.1, 0.15) is 25.7 Å². The van der Waals surface area contributed by atoms with Gasteiger partial charge in [0, 0.05) is 23.9 Å². The number of aliphatic hydroxyl groups excluding tert-OH is 1. The van der Waals surface area contributed by atoms with Crippen LogP contribution in [-0.2, 0) is 0 Å². The second-order valence-corrected chi connectivity index (χ2v) is 4.98. The molecule has 0 aromatic heterocycles. The van der Waals surface area contributed by atoms with Crippen molar-refractivity contribution in [2.24, 2.45) is 0 Å². The maximum Gasteiger partial charge on any atom is 0.319 e. The van der Waals surface area contributed by atoms with Crippen LogP contribution in [0.2, 0.25) is 0 Å². The van der Waals surface area contributed by atoms with Crippen LogP contribution in [0.3, 0.4) is 0 Å². The summed E-state index contributed by atoms with van der Waals surface area (Å²) in [6.45, 7) is 0. The van der Waals surface area contributed by atoms with E-state index in [1.165, 1.54) is 19.2 Å². The Kier molecular flexibility index (Phi) is 4.79. The lowest BCUT2D eigenvalue weighted by Gasteiger charge is -2.26. The van der Waals surface area contributed by atoms with Crippen molar-refractivity contribution < 1.29 is 19.0 Å². The lowest BCUT2D eigenvalue weighted by Crippen LogP contribution is -2.40. The van der Waals surface area contributed by atoms with Crippen LogP contribution in [0.4, 0.5) is 14.9 Å². The van der Waals surface area contributed by atoms with E-state index in [0.717, 1.165) is 12.8 Å². The molecule has 2 amide bonds. The standard InChI is InChI=1S/C14H19FN2O3/c1-20-13-7-9(15)6-11(8-13)17-14(19)16-10-2-4-12(18)5-3-10/h6-8,10,12,18H,2-5H2,1H3,(H2,16,17,19). The van der Waals surface area contributed by atoms with Crippen molar-refractivity contribution in [3.05, 3.63) is 24.0 Å². The van der Waals surface area contributed by atoms with Gasteiger partial charge in [-0.25, -0.2) is 9.18 Å². The molecular formula is C14H19FN2O3. The lowest BCUT2D eigenvalue weighted by molar-refractivity contribution is 0.118. The molecule has 0 heterocycles. The highest BCUT2D eigenvalue weighted by Gasteiger charge is 2.20. The van der Waals surface area contributed by atoms with Crippen LogP contribution < -0.4 is 15.4 Å². The fourth-order valence-corrected chi connectivity index (χ4v) is 2.33. The fourth-order valence-electron chi connectivity index (χ4n) is 2.33. The molecule has 2 rings (SSSR count). The van der Waals surface area contributed by atoms with Gasteiger partial charge in [-0.3, -0.25) is 0 Å². The van der Waals surface area contributed by atoms with Gasteiger partial charge < -0.3 is 20.5 Å². The number of aliphatic hydroxyl groups is 1. The normalized spacial score (nSPS) is 22.1. The molecule has 0 atom stereocenters. The molecule has 1 saturated carbocycles. The number of hydrogen-bond acceptors (Lipinski definition) is 3. The summed E-state index contributed by atoms with van der Waals surface area (Å²) >= 11 is 0. The third-order valence-electron chi connectivity index (χ3n) is 3.40. The van der Waals surface area contributed by atoms with E-state index in [0.29, 0.717) is 24.3 Å². The van der Waals surface area contributed by atoms with Gasteiger partial charge >= 0.3 is 6.03 Å². The number of nitrogens with one attached hydrogen (secondary N) is 2. The number of amides is 2. The van der Waals surface area contributed by atoms with Crippen LogP contribution in [-0.4, -0.2) is 30.4 Å². The summed E-state index contributed by atoms with van der Waals surface area (Å²) in [7, 11) is 1.44. The van der Waals surface area contributed by atoms with Crippen molar-refractivity contribution in [1.82, 2.24) is 5.32 Å². The Morgan fingerprint density at radius 2 is 2.00 bits per heavy atom. The lowest BCUT2D eigenvalue weighted by atomic mass is 9.93. The summed E-state index contributed by atoms with van der Waals surface area (Å²) in [5.74, 6) is -0.124. The van der Waals surface area contributed by atoms with Gasteiger partial charge in [0.15, 0.2) is 0 Å². The first kappa shape index (κ1) is 14.6. The summed E-state index contributed by atoms with van der Waals surface area (Å²) in [6.07, 6.45) is 2.63. The minimum absolute atomic E-state index is 0.0499. The van der Waals surface area contributed by atoms with Crippen LogP contribution >= 0.6 is 0 Å². The second kappa shape index (κ2) is 6.56. The minimum atomic E-state index is -0.472. The van der Waals surface area contributed by atoms with E-state index < -0.39 is 5.82 Å². The number of halogens is 1. The second-order valence-electron chi connectivity index (χ2n) is 4.98. The molecule has 5 nitrogen and oxygen atoms in total. The van der Waals surface area contributed by atoms with Crippen molar-refractivity contribution in [2.45, 2.75) is 37.8 Å². The maximum absolute atomic E-state index is 13.3. The molecule has 0 unspecified atom stereocenters. The number of hydrogen-bond donors (Lipinski definition) is 3. The molecule has 20 heavy (non-hydrogen) atoms. The predicted molar refractivity (Wildman–Crippen MR) is 73.4 cm³/mol. The van der Waals surface area contributed by atoms with Gasteiger partial charge in [0.25, 0.3) is 0 Å². The molecule has 0 radical (unpaired) electrons. The number of carbonyl (C=O) groups excluding carboxylic acids is 1.